The summed E-state index contributed by atoms with van der Waals surface area (Å²) >= 11 is 0. The van der Waals surface area contributed by atoms with Crippen molar-refractivity contribution in [1.82, 2.24) is 15.1 Å². The summed E-state index contributed by atoms with van der Waals surface area (Å²) in [6, 6.07) is 15.5. The molecule has 2 aromatic rings. The van der Waals surface area contributed by atoms with Gasteiger partial charge in [-0.3, -0.25) is 14.6 Å². The van der Waals surface area contributed by atoms with Crippen molar-refractivity contribution in [3.05, 3.63) is 54.1 Å². The molecule has 2 aromatic carbocycles. The van der Waals surface area contributed by atoms with Crippen LogP contribution in [0.15, 0.2) is 48.5 Å². The molecule has 2 N–H and O–H groups in total. The van der Waals surface area contributed by atoms with E-state index in [9.17, 15) is 9.90 Å². The van der Waals surface area contributed by atoms with Crippen LogP contribution in [0.3, 0.4) is 0 Å². The summed E-state index contributed by atoms with van der Waals surface area (Å²) in [6.45, 7) is 4.93. The number of nitrogens with zero attached hydrogens (tertiary/aromatic N) is 2. The van der Waals surface area contributed by atoms with Gasteiger partial charge in [-0.15, -0.1) is 0 Å². The van der Waals surface area contributed by atoms with Gasteiger partial charge in [0.2, 0.25) is 5.91 Å². The normalized spacial score (nSPS) is 15.6. The van der Waals surface area contributed by atoms with Gasteiger partial charge >= 0.3 is 0 Å². The molecule has 0 spiro atoms. The molecule has 0 aliphatic carbocycles. The molecule has 0 aromatic heterocycles. The fraction of sp³-hybridized carbons (Fsp3) is 0.480. The number of aliphatic hydroxyl groups excluding tert-OH is 1. The second-order valence-electron chi connectivity index (χ2n) is 8.14. The quantitative estimate of drug-likeness (QED) is 0.499. The number of hydrogen-bond donors (Lipinski definition) is 2. The van der Waals surface area contributed by atoms with Gasteiger partial charge in [0.05, 0.1) is 20.8 Å². The lowest BCUT2D eigenvalue weighted by molar-refractivity contribution is -0.122. The van der Waals surface area contributed by atoms with Crippen molar-refractivity contribution in [2.24, 2.45) is 0 Å². The van der Waals surface area contributed by atoms with Gasteiger partial charge in [-0.05, 0) is 24.1 Å². The van der Waals surface area contributed by atoms with Crippen LogP contribution in [0.25, 0.3) is 0 Å². The van der Waals surface area contributed by atoms with E-state index in [0.29, 0.717) is 36.9 Å². The first-order valence-electron chi connectivity index (χ1n) is 11.4. The standard InChI is InChI=1S/C25H35N3O5/c1-31-22-8-9-23(32-2)24(16-22)33-19-21(29)17-27-12-14-28(15-13-27)18-25(30)26-11-10-20-6-4-3-5-7-20/h3-9,16,21,29H,10-15,17-19H2,1-2H3,(H,26,30). The molecule has 0 radical (unpaired) electrons. The number of benzene rings is 2. The summed E-state index contributed by atoms with van der Waals surface area (Å²) in [4.78, 5) is 16.6. The van der Waals surface area contributed by atoms with Crippen molar-refractivity contribution in [1.29, 1.82) is 0 Å². The van der Waals surface area contributed by atoms with Gasteiger partial charge in [0, 0.05) is 45.3 Å². The summed E-state index contributed by atoms with van der Waals surface area (Å²) in [6.07, 6.45) is 0.204. The van der Waals surface area contributed by atoms with Crippen molar-refractivity contribution in [3.8, 4) is 17.2 Å². The Bertz CT molecular complexity index is 856. The number of carbonyl (C=O) groups excluding carboxylic acids is 1. The molecule has 8 nitrogen and oxygen atoms in total. The minimum absolute atomic E-state index is 0.0556. The summed E-state index contributed by atoms with van der Waals surface area (Å²) in [5.41, 5.74) is 1.22. The number of methoxy groups -OCH3 is 2. The van der Waals surface area contributed by atoms with Crippen LogP contribution in [0.5, 0.6) is 17.2 Å². The highest BCUT2D eigenvalue weighted by atomic mass is 16.5. The molecule has 1 fully saturated rings. The third kappa shape index (κ3) is 8.24. The SMILES string of the molecule is COc1ccc(OC)c(OCC(O)CN2CCN(CC(=O)NCCc3ccccc3)CC2)c1. The molecular formula is C25H35N3O5. The van der Waals surface area contributed by atoms with Gasteiger partial charge in [0.25, 0.3) is 0 Å². The first-order chi connectivity index (χ1) is 16.1. The van der Waals surface area contributed by atoms with E-state index in [1.54, 1.807) is 32.4 Å². The van der Waals surface area contributed by atoms with Crippen molar-refractivity contribution in [2.75, 3.05) is 66.6 Å². The highest BCUT2D eigenvalue weighted by Crippen LogP contribution is 2.31. The van der Waals surface area contributed by atoms with Gasteiger partial charge in [-0.25, -0.2) is 0 Å². The van der Waals surface area contributed by atoms with Crippen molar-refractivity contribution < 1.29 is 24.1 Å². The van der Waals surface area contributed by atoms with Crippen LogP contribution >= 0.6 is 0 Å². The maximum atomic E-state index is 12.2. The zero-order valence-corrected chi connectivity index (χ0v) is 19.5. The van der Waals surface area contributed by atoms with Gasteiger partial charge in [0.15, 0.2) is 11.5 Å². The van der Waals surface area contributed by atoms with Crippen LogP contribution in [-0.4, -0.2) is 93.6 Å². The minimum atomic E-state index is -0.631. The number of aliphatic hydroxyl groups is 1. The van der Waals surface area contributed by atoms with Crippen molar-refractivity contribution >= 4 is 5.91 Å². The Kier molecular flexibility index (Phi) is 9.80. The molecule has 1 aliphatic rings. The van der Waals surface area contributed by atoms with E-state index in [1.165, 1.54) is 5.56 Å². The third-order valence-electron chi connectivity index (χ3n) is 5.68. The maximum Gasteiger partial charge on any atom is 0.234 e. The highest BCUT2D eigenvalue weighted by Gasteiger charge is 2.21. The zero-order valence-electron chi connectivity index (χ0n) is 19.5. The molecule has 8 heteroatoms. The highest BCUT2D eigenvalue weighted by molar-refractivity contribution is 5.78. The van der Waals surface area contributed by atoms with Crippen LogP contribution in [0.1, 0.15) is 5.56 Å². The minimum Gasteiger partial charge on any atom is -0.497 e. The van der Waals surface area contributed by atoms with Gasteiger partial charge in [-0.2, -0.15) is 0 Å². The molecule has 0 bridgehead atoms. The summed E-state index contributed by atoms with van der Waals surface area (Å²) in [7, 11) is 3.17. The lowest BCUT2D eigenvalue weighted by atomic mass is 10.1. The first-order valence-corrected chi connectivity index (χ1v) is 11.4. The molecule has 1 unspecified atom stereocenters. The fourth-order valence-electron chi connectivity index (χ4n) is 3.81. The lowest BCUT2D eigenvalue weighted by Gasteiger charge is -2.35. The smallest absolute Gasteiger partial charge is 0.234 e. The van der Waals surface area contributed by atoms with Crippen LogP contribution in [-0.2, 0) is 11.2 Å². The second kappa shape index (κ2) is 13.0. The van der Waals surface area contributed by atoms with Crippen LogP contribution in [0.4, 0.5) is 0 Å². The molecule has 1 amide bonds. The molecule has 3 rings (SSSR count). The lowest BCUT2D eigenvalue weighted by Crippen LogP contribution is -2.51. The average molecular weight is 458 g/mol. The summed E-state index contributed by atoms with van der Waals surface area (Å²) in [5.74, 6) is 1.86. The Labute approximate surface area is 196 Å². The zero-order chi connectivity index (χ0) is 23.5. The van der Waals surface area contributed by atoms with Crippen molar-refractivity contribution in [3.63, 3.8) is 0 Å². The third-order valence-corrected chi connectivity index (χ3v) is 5.68. The Morgan fingerprint density at radius 2 is 1.73 bits per heavy atom. The van der Waals surface area contributed by atoms with E-state index >= 15 is 0 Å². The van der Waals surface area contributed by atoms with E-state index in [0.717, 1.165) is 32.6 Å². The largest absolute Gasteiger partial charge is 0.497 e. The topological polar surface area (TPSA) is 83.5 Å². The second-order valence-corrected chi connectivity index (χ2v) is 8.14. The number of ether oxygens (including phenoxy) is 3. The Balaban J connectivity index is 1.32. The number of hydrogen-bond acceptors (Lipinski definition) is 7. The summed E-state index contributed by atoms with van der Waals surface area (Å²) in [5, 5.41) is 13.4. The molecule has 1 aliphatic heterocycles. The predicted molar refractivity (Wildman–Crippen MR) is 127 cm³/mol. The van der Waals surface area contributed by atoms with E-state index in [-0.39, 0.29) is 12.5 Å². The molecule has 1 saturated heterocycles. The van der Waals surface area contributed by atoms with Crippen LogP contribution < -0.4 is 19.5 Å². The van der Waals surface area contributed by atoms with E-state index in [2.05, 4.69) is 27.2 Å². The number of β-amino-alcohol motifs (C(OH)–C–C–N with tert-alkyl or cyclic N) is 1. The van der Waals surface area contributed by atoms with E-state index < -0.39 is 6.10 Å². The molecule has 1 heterocycles. The molecule has 1 atom stereocenters. The van der Waals surface area contributed by atoms with E-state index in [4.69, 9.17) is 14.2 Å². The van der Waals surface area contributed by atoms with Crippen LogP contribution in [0.2, 0.25) is 0 Å². The number of nitrogens with one attached hydrogen (secondary N) is 1. The Morgan fingerprint density at radius 3 is 2.42 bits per heavy atom. The average Bonchev–Trinajstić information content (AvgIpc) is 2.84. The monoisotopic (exact) mass is 457 g/mol. The molecular weight excluding hydrogens is 422 g/mol. The molecule has 180 valence electrons. The first kappa shape index (κ1) is 24.8. The summed E-state index contributed by atoms with van der Waals surface area (Å²) < 4.78 is 16.3. The van der Waals surface area contributed by atoms with Gasteiger partial charge in [0.1, 0.15) is 18.5 Å². The number of carbonyl (C=O) groups is 1. The van der Waals surface area contributed by atoms with Gasteiger partial charge < -0.3 is 24.6 Å². The molecule has 0 saturated carbocycles. The Hall–Kier alpha value is -2.81. The number of piperazine rings is 1. The maximum absolute atomic E-state index is 12.2. The fourth-order valence-corrected chi connectivity index (χ4v) is 3.81. The molecule has 33 heavy (non-hydrogen) atoms. The van der Waals surface area contributed by atoms with Gasteiger partial charge in [-0.1, -0.05) is 30.3 Å². The van der Waals surface area contributed by atoms with E-state index in [1.807, 2.05) is 18.2 Å². The van der Waals surface area contributed by atoms with Crippen LogP contribution in [0, 0.1) is 0 Å². The number of rotatable bonds is 12. The van der Waals surface area contributed by atoms with Crippen molar-refractivity contribution in [2.45, 2.75) is 12.5 Å². The predicted octanol–water partition coefficient (Wildman–Crippen LogP) is 1.42. The Morgan fingerprint density at radius 1 is 1.00 bits per heavy atom. The number of amides is 1.